The van der Waals surface area contributed by atoms with Crippen molar-refractivity contribution in [3.63, 3.8) is 0 Å². The van der Waals surface area contributed by atoms with Crippen LogP contribution in [0, 0.1) is 6.92 Å². The number of sulfonamides is 1. The number of carbonyl (C=O) groups excluding carboxylic acids is 1. The lowest BCUT2D eigenvalue weighted by Gasteiger charge is -2.34. The van der Waals surface area contributed by atoms with Gasteiger partial charge in [0, 0.05) is 31.1 Å². The van der Waals surface area contributed by atoms with E-state index in [4.69, 9.17) is 11.6 Å². The first-order valence-electron chi connectivity index (χ1n) is 8.60. The molecule has 1 aliphatic rings. The molecule has 144 valence electrons. The fourth-order valence-corrected chi connectivity index (χ4v) is 5.39. The van der Waals surface area contributed by atoms with Crippen LogP contribution >= 0.6 is 23.4 Å². The van der Waals surface area contributed by atoms with Crippen molar-refractivity contribution in [2.24, 2.45) is 0 Å². The number of nitrogens with zero attached hydrogens (tertiary/aromatic N) is 2. The van der Waals surface area contributed by atoms with Crippen molar-refractivity contribution in [1.82, 2.24) is 9.21 Å². The summed E-state index contributed by atoms with van der Waals surface area (Å²) in [5, 5.41) is 0.629. The minimum absolute atomic E-state index is 0.00713. The molecule has 1 amide bonds. The van der Waals surface area contributed by atoms with Crippen molar-refractivity contribution < 1.29 is 13.2 Å². The molecule has 0 aliphatic carbocycles. The Morgan fingerprint density at radius 2 is 1.67 bits per heavy atom. The van der Waals surface area contributed by atoms with Crippen molar-refractivity contribution in [1.29, 1.82) is 0 Å². The number of piperazine rings is 1. The maximum Gasteiger partial charge on any atom is 0.243 e. The molecule has 1 saturated heterocycles. The van der Waals surface area contributed by atoms with Gasteiger partial charge in [0.05, 0.1) is 15.7 Å². The molecule has 0 bridgehead atoms. The molecule has 2 aromatic rings. The lowest BCUT2D eigenvalue weighted by Crippen LogP contribution is -2.50. The first kappa shape index (κ1) is 20.2. The fourth-order valence-electron chi connectivity index (χ4n) is 2.83. The summed E-state index contributed by atoms with van der Waals surface area (Å²) in [6, 6.07) is 14.2. The van der Waals surface area contributed by atoms with E-state index in [9.17, 15) is 13.2 Å². The Hall–Kier alpha value is -1.54. The Balaban J connectivity index is 1.56. The van der Waals surface area contributed by atoms with Crippen molar-refractivity contribution in [3.05, 3.63) is 59.1 Å². The van der Waals surface area contributed by atoms with Gasteiger partial charge in [-0.2, -0.15) is 4.31 Å². The highest BCUT2D eigenvalue weighted by Crippen LogP contribution is 2.27. The van der Waals surface area contributed by atoms with Crippen LogP contribution in [-0.2, 0) is 14.8 Å². The second-order valence-corrected chi connectivity index (χ2v) is 9.68. The first-order valence-corrected chi connectivity index (χ1v) is 11.4. The number of hydrogen-bond acceptors (Lipinski definition) is 4. The number of amides is 1. The predicted octanol–water partition coefficient (Wildman–Crippen LogP) is 3.27. The van der Waals surface area contributed by atoms with Gasteiger partial charge in [0.15, 0.2) is 0 Å². The van der Waals surface area contributed by atoms with E-state index in [1.165, 1.54) is 16.1 Å². The first-order chi connectivity index (χ1) is 12.9. The van der Waals surface area contributed by atoms with Gasteiger partial charge >= 0.3 is 0 Å². The lowest BCUT2D eigenvalue weighted by molar-refractivity contribution is -0.129. The van der Waals surface area contributed by atoms with Gasteiger partial charge in [-0.05, 0) is 31.2 Å². The molecule has 1 fully saturated rings. The van der Waals surface area contributed by atoms with E-state index >= 15 is 0 Å². The maximum absolute atomic E-state index is 12.7. The van der Waals surface area contributed by atoms with E-state index < -0.39 is 10.0 Å². The third kappa shape index (κ3) is 4.85. The molecule has 0 radical (unpaired) electrons. The van der Waals surface area contributed by atoms with E-state index in [0.717, 1.165) is 10.5 Å². The zero-order chi connectivity index (χ0) is 19.4. The van der Waals surface area contributed by atoms with Crippen molar-refractivity contribution in [2.75, 3.05) is 31.9 Å². The van der Waals surface area contributed by atoms with Crippen LogP contribution in [0.1, 0.15) is 5.56 Å². The summed E-state index contributed by atoms with van der Waals surface area (Å²) >= 11 is 7.51. The Bertz CT molecular complexity index is 909. The van der Waals surface area contributed by atoms with E-state index in [1.54, 1.807) is 35.2 Å². The van der Waals surface area contributed by atoms with Gasteiger partial charge in [0.25, 0.3) is 0 Å². The second kappa shape index (κ2) is 8.65. The Kier molecular flexibility index (Phi) is 6.47. The number of thioether (sulfide) groups is 1. The molecule has 8 heteroatoms. The van der Waals surface area contributed by atoms with Crippen molar-refractivity contribution >= 4 is 39.3 Å². The SMILES string of the molecule is Cc1ccc(S(=O)(=O)N2CCN(C(=O)CSc3ccccc3Cl)CC2)cc1. The topological polar surface area (TPSA) is 57.7 Å². The molecule has 1 heterocycles. The highest BCUT2D eigenvalue weighted by molar-refractivity contribution is 8.00. The van der Waals surface area contributed by atoms with Gasteiger partial charge in [-0.3, -0.25) is 4.79 Å². The number of halogens is 1. The molecule has 0 saturated carbocycles. The Labute approximate surface area is 169 Å². The average molecular weight is 425 g/mol. The van der Waals surface area contributed by atoms with Gasteiger partial charge in [0.2, 0.25) is 15.9 Å². The van der Waals surface area contributed by atoms with Crippen LogP contribution in [0.2, 0.25) is 5.02 Å². The number of benzene rings is 2. The molecule has 0 atom stereocenters. The normalized spacial score (nSPS) is 15.7. The van der Waals surface area contributed by atoms with Gasteiger partial charge in [0.1, 0.15) is 0 Å². The third-order valence-electron chi connectivity index (χ3n) is 4.44. The molecule has 0 aromatic heterocycles. The van der Waals surface area contributed by atoms with E-state index in [2.05, 4.69) is 0 Å². The minimum Gasteiger partial charge on any atom is -0.339 e. The maximum atomic E-state index is 12.7. The predicted molar refractivity (Wildman–Crippen MR) is 109 cm³/mol. The summed E-state index contributed by atoms with van der Waals surface area (Å²) in [6.45, 7) is 3.32. The Morgan fingerprint density at radius 1 is 1.04 bits per heavy atom. The smallest absolute Gasteiger partial charge is 0.243 e. The number of carbonyl (C=O) groups is 1. The Morgan fingerprint density at radius 3 is 2.30 bits per heavy atom. The van der Waals surface area contributed by atoms with Gasteiger partial charge in [-0.25, -0.2) is 8.42 Å². The summed E-state index contributed by atoms with van der Waals surface area (Å²) in [5.74, 6) is 0.279. The second-order valence-electron chi connectivity index (χ2n) is 6.32. The van der Waals surface area contributed by atoms with Crippen LogP contribution in [-0.4, -0.2) is 55.5 Å². The molecular formula is C19H21ClN2O3S2. The highest BCUT2D eigenvalue weighted by atomic mass is 35.5. The molecule has 0 unspecified atom stereocenters. The molecule has 27 heavy (non-hydrogen) atoms. The molecule has 1 aliphatic heterocycles. The summed E-state index contributed by atoms with van der Waals surface area (Å²) in [4.78, 5) is 15.3. The monoisotopic (exact) mass is 424 g/mol. The van der Waals surface area contributed by atoms with Gasteiger partial charge in [-0.15, -0.1) is 11.8 Å². The highest BCUT2D eigenvalue weighted by Gasteiger charge is 2.30. The third-order valence-corrected chi connectivity index (χ3v) is 7.85. The zero-order valence-electron chi connectivity index (χ0n) is 15.0. The summed E-state index contributed by atoms with van der Waals surface area (Å²) < 4.78 is 26.9. The quantitative estimate of drug-likeness (QED) is 0.691. The molecule has 0 N–H and O–H groups in total. The average Bonchev–Trinajstić information content (AvgIpc) is 2.67. The van der Waals surface area contributed by atoms with Gasteiger partial charge < -0.3 is 4.90 Å². The lowest BCUT2D eigenvalue weighted by atomic mass is 10.2. The van der Waals surface area contributed by atoms with Crippen LogP contribution in [0.15, 0.2) is 58.3 Å². The van der Waals surface area contributed by atoms with E-state index in [1.807, 2.05) is 25.1 Å². The summed E-state index contributed by atoms with van der Waals surface area (Å²) in [7, 11) is -3.52. The van der Waals surface area contributed by atoms with Gasteiger partial charge in [-0.1, -0.05) is 41.4 Å². The molecule has 2 aromatic carbocycles. The molecular weight excluding hydrogens is 404 g/mol. The minimum atomic E-state index is -3.52. The van der Waals surface area contributed by atoms with Crippen molar-refractivity contribution in [3.8, 4) is 0 Å². The number of rotatable bonds is 5. The fraction of sp³-hybridized carbons (Fsp3) is 0.316. The van der Waals surface area contributed by atoms with Crippen LogP contribution < -0.4 is 0 Å². The van der Waals surface area contributed by atoms with Crippen LogP contribution in [0.5, 0.6) is 0 Å². The summed E-state index contributed by atoms with van der Waals surface area (Å²) in [5.41, 5.74) is 1.01. The zero-order valence-corrected chi connectivity index (χ0v) is 17.4. The number of hydrogen-bond donors (Lipinski definition) is 0. The van der Waals surface area contributed by atoms with E-state index in [-0.39, 0.29) is 11.7 Å². The molecule has 3 rings (SSSR count). The molecule has 0 spiro atoms. The standard InChI is InChI=1S/C19H21ClN2O3S2/c1-15-6-8-16(9-7-15)27(24,25)22-12-10-21(11-13-22)19(23)14-26-18-5-3-2-4-17(18)20/h2-9H,10-14H2,1H3. The van der Waals surface area contributed by atoms with Crippen LogP contribution in [0.25, 0.3) is 0 Å². The van der Waals surface area contributed by atoms with E-state index in [0.29, 0.717) is 36.1 Å². The largest absolute Gasteiger partial charge is 0.339 e. The summed E-state index contributed by atoms with van der Waals surface area (Å²) in [6.07, 6.45) is 0. The van der Waals surface area contributed by atoms with Crippen molar-refractivity contribution in [2.45, 2.75) is 16.7 Å². The molecule has 5 nitrogen and oxygen atoms in total. The number of aryl methyl sites for hydroxylation is 1. The van der Waals surface area contributed by atoms with Crippen LogP contribution in [0.3, 0.4) is 0 Å². The van der Waals surface area contributed by atoms with Crippen LogP contribution in [0.4, 0.5) is 0 Å².